The summed E-state index contributed by atoms with van der Waals surface area (Å²) in [6.45, 7) is 1.54. The molecule has 2 aromatic carbocycles. The summed E-state index contributed by atoms with van der Waals surface area (Å²) < 4.78 is 5.07. The molecule has 3 heteroatoms. The van der Waals surface area contributed by atoms with Crippen molar-refractivity contribution in [2.75, 3.05) is 7.11 Å². The van der Waals surface area contributed by atoms with E-state index in [4.69, 9.17) is 4.74 Å². The maximum absolute atomic E-state index is 12.1. The molecule has 0 aliphatic rings. The third-order valence-corrected chi connectivity index (χ3v) is 3.41. The SMILES string of the molecule is COc1ccc(C(=O)CCc2ccc(C(C)=O)cc2)cc1. The molecular weight excluding hydrogens is 264 g/mol. The molecule has 2 aromatic rings. The van der Waals surface area contributed by atoms with Crippen LogP contribution in [0.1, 0.15) is 39.6 Å². The monoisotopic (exact) mass is 282 g/mol. The van der Waals surface area contributed by atoms with Crippen molar-refractivity contribution in [3.05, 3.63) is 65.2 Å². The van der Waals surface area contributed by atoms with Crippen LogP contribution in [0.3, 0.4) is 0 Å². The van der Waals surface area contributed by atoms with Gasteiger partial charge in [0.1, 0.15) is 5.75 Å². The van der Waals surface area contributed by atoms with Gasteiger partial charge in [-0.1, -0.05) is 24.3 Å². The largest absolute Gasteiger partial charge is 0.497 e. The molecule has 21 heavy (non-hydrogen) atoms. The Bertz CT molecular complexity index is 625. The maximum Gasteiger partial charge on any atom is 0.163 e. The van der Waals surface area contributed by atoms with Gasteiger partial charge in [0.2, 0.25) is 0 Å². The Morgan fingerprint density at radius 1 is 0.905 bits per heavy atom. The van der Waals surface area contributed by atoms with Gasteiger partial charge in [-0.05, 0) is 43.2 Å². The second-order valence-corrected chi connectivity index (χ2v) is 4.90. The van der Waals surface area contributed by atoms with Crippen LogP contribution in [0.2, 0.25) is 0 Å². The van der Waals surface area contributed by atoms with Gasteiger partial charge in [0, 0.05) is 17.5 Å². The van der Waals surface area contributed by atoms with Crippen molar-refractivity contribution in [1.29, 1.82) is 0 Å². The fourth-order valence-corrected chi connectivity index (χ4v) is 2.09. The molecule has 108 valence electrons. The molecule has 0 aliphatic heterocycles. The number of rotatable bonds is 6. The average Bonchev–Trinajstić information content (AvgIpc) is 2.53. The van der Waals surface area contributed by atoms with Crippen LogP contribution in [0.15, 0.2) is 48.5 Å². The Morgan fingerprint density at radius 2 is 1.48 bits per heavy atom. The van der Waals surface area contributed by atoms with E-state index >= 15 is 0 Å². The predicted octanol–water partition coefficient (Wildman–Crippen LogP) is 3.71. The van der Waals surface area contributed by atoms with Gasteiger partial charge in [-0.3, -0.25) is 9.59 Å². The number of ketones is 2. The summed E-state index contributed by atoms with van der Waals surface area (Å²) in [5.74, 6) is 0.899. The van der Waals surface area contributed by atoms with Crippen molar-refractivity contribution in [2.45, 2.75) is 19.8 Å². The molecule has 0 N–H and O–H groups in total. The van der Waals surface area contributed by atoms with Gasteiger partial charge in [-0.15, -0.1) is 0 Å². The maximum atomic E-state index is 12.1. The van der Waals surface area contributed by atoms with Gasteiger partial charge in [0.15, 0.2) is 11.6 Å². The predicted molar refractivity (Wildman–Crippen MR) is 82.1 cm³/mol. The van der Waals surface area contributed by atoms with Gasteiger partial charge in [0.05, 0.1) is 7.11 Å². The van der Waals surface area contributed by atoms with E-state index in [0.717, 1.165) is 11.3 Å². The van der Waals surface area contributed by atoms with Crippen LogP contribution in [0.4, 0.5) is 0 Å². The lowest BCUT2D eigenvalue weighted by Gasteiger charge is -2.04. The summed E-state index contributed by atoms with van der Waals surface area (Å²) in [6.07, 6.45) is 1.12. The first-order valence-electron chi connectivity index (χ1n) is 6.87. The van der Waals surface area contributed by atoms with E-state index in [1.165, 1.54) is 0 Å². The van der Waals surface area contributed by atoms with E-state index in [9.17, 15) is 9.59 Å². The highest BCUT2D eigenvalue weighted by Gasteiger charge is 2.07. The second kappa shape index (κ2) is 6.84. The molecule has 0 saturated carbocycles. The Morgan fingerprint density at radius 3 is 2.00 bits per heavy atom. The number of aryl methyl sites for hydroxylation is 1. The normalized spacial score (nSPS) is 10.2. The van der Waals surface area contributed by atoms with E-state index in [0.29, 0.717) is 24.0 Å². The van der Waals surface area contributed by atoms with E-state index in [1.54, 1.807) is 50.4 Å². The summed E-state index contributed by atoms with van der Waals surface area (Å²) in [7, 11) is 1.60. The summed E-state index contributed by atoms with van der Waals surface area (Å²) in [5, 5.41) is 0. The number of hydrogen-bond donors (Lipinski definition) is 0. The Balaban J connectivity index is 1.95. The van der Waals surface area contributed by atoms with E-state index in [-0.39, 0.29) is 11.6 Å². The average molecular weight is 282 g/mol. The number of Topliss-reactive ketones (excluding diaryl/α,β-unsaturated/α-hetero) is 2. The minimum absolute atomic E-state index is 0.0517. The molecule has 0 radical (unpaired) electrons. The first-order valence-corrected chi connectivity index (χ1v) is 6.87. The Kier molecular flexibility index (Phi) is 4.88. The lowest BCUT2D eigenvalue weighted by Crippen LogP contribution is -2.01. The number of methoxy groups -OCH3 is 1. The Hall–Kier alpha value is -2.42. The van der Waals surface area contributed by atoms with Gasteiger partial charge in [-0.25, -0.2) is 0 Å². The number of carbonyl (C=O) groups excluding carboxylic acids is 2. The molecule has 2 rings (SSSR count). The second-order valence-electron chi connectivity index (χ2n) is 4.90. The van der Waals surface area contributed by atoms with Crippen molar-refractivity contribution in [1.82, 2.24) is 0 Å². The molecule has 0 aliphatic carbocycles. The molecule has 0 unspecified atom stereocenters. The highest BCUT2D eigenvalue weighted by Crippen LogP contribution is 2.14. The molecule has 0 aromatic heterocycles. The molecule has 0 amide bonds. The van der Waals surface area contributed by atoms with Gasteiger partial charge in [-0.2, -0.15) is 0 Å². The fraction of sp³-hybridized carbons (Fsp3) is 0.222. The fourth-order valence-electron chi connectivity index (χ4n) is 2.09. The summed E-state index contributed by atoms with van der Waals surface area (Å²) in [4.78, 5) is 23.3. The molecule has 0 bridgehead atoms. The molecule has 0 fully saturated rings. The van der Waals surface area contributed by atoms with E-state index in [2.05, 4.69) is 0 Å². The van der Waals surface area contributed by atoms with E-state index in [1.807, 2.05) is 12.1 Å². The third-order valence-electron chi connectivity index (χ3n) is 3.41. The molecule has 0 spiro atoms. The summed E-state index contributed by atoms with van der Waals surface area (Å²) >= 11 is 0. The lowest BCUT2D eigenvalue weighted by molar-refractivity contribution is 0.0980. The van der Waals surface area contributed by atoms with Crippen LogP contribution in [-0.2, 0) is 6.42 Å². The van der Waals surface area contributed by atoms with Crippen molar-refractivity contribution in [2.24, 2.45) is 0 Å². The van der Waals surface area contributed by atoms with Crippen molar-refractivity contribution < 1.29 is 14.3 Å². The first-order chi connectivity index (χ1) is 10.1. The van der Waals surface area contributed by atoms with Crippen LogP contribution < -0.4 is 4.74 Å². The number of benzene rings is 2. The van der Waals surface area contributed by atoms with Crippen LogP contribution >= 0.6 is 0 Å². The van der Waals surface area contributed by atoms with Crippen LogP contribution in [-0.4, -0.2) is 18.7 Å². The Labute approximate surface area is 124 Å². The van der Waals surface area contributed by atoms with Crippen LogP contribution in [0, 0.1) is 0 Å². The highest BCUT2D eigenvalue weighted by molar-refractivity contribution is 5.96. The minimum atomic E-state index is 0.0517. The first kappa shape index (κ1) is 15.0. The molecular formula is C18H18O3. The standard InChI is InChI=1S/C18H18O3/c1-13(19)15-6-3-14(4-7-15)5-12-18(20)16-8-10-17(21-2)11-9-16/h3-4,6-11H,5,12H2,1-2H3. The van der Waals surface area contributed by atoms with E-state index < -0.39 is 0 Å². The van der Waals surface area contributed by atoms with Crippen molar-refractivity contribution >= 4 is 11.6 Å². The van der Waals surface area contributed by atoms with Gasteiger partial charge >= 0.3 is 0 Å². The lowest BCUT2D eigenvalue weighted by atomic mass is 10.0. The van der Waals surface area contributed by atoms with Crippen molar-refractivity contribution in [3.8, 4) is 5.75 Å². The summed E-state index contributed by atoms with van der Waals surface area (Å²) in [5.41, 5.74) is 2.44. The molecule has 0 saturated heterocycles. The molecule has 0 atom stereocenters. The van der Waals surface area contributed by atoms with Crippen LogP contribution in [0.5, 0.6) is 5.75 Å². The van der Waals surface area contributed by atoms with Crippen LogP contribution in [0.25, 0.3) is 0 Å². The van der Waals surface area contributed by atoms with Gasteiger partial charge < -0.3 is 4.74 Å². The smallest absolute Gasteiger partial charge is 0.163 e. The highest BCUT2D eigenvalue weighted by atomic mass is 16.5. The number of hydrogen-bond acceptors (Lipinski definition) is 3. The topological polar surface area (TPSA) is 43.4 Å². The number of carbonyl (C=O) groups is 2. The third kappa shape index (κ3) is 4.02. The zero-order valence-electron chi connectivity index (χ0n) is 12.3. The zero-order chi connectivity index (χ0) is 15.2. The number of ether oxygens (including phenoxy) is 1. The zero-order valence-corrected chi connectivity index (χ0v) is 12.3. The van der Waals surface area contributed by atoms with Gasteiger partial charge in [0.25, 0.3) is 0 Å². The quantitative estimate of drug-likeness (QED) is 0.758. The minimum Gasteiger partial charge on any atom is -0.497 e. The molecule has 3 nitrogen and oxygen atoms in total. The van der Waals surface area contributed by atoms with Crippen molar-refractivity contribution in [3.63, 3.8) is 0 Å². The molecule has 0 heterocycles. The summed E-state index contributed by atoms with van der Waals surface area (Å²) in [6, 6.07) is 14.5.